The van der Waals surface area contributed by atoms with Gasteiger partial charge in [0, 0.05) is 25.0 Å². The monoisotopic (exact) mass is 313 g/mol. The van der Waals surface area contributed by atoms with Crippen molar-refractivity contribution >= 4 is 5.91 Å². The molecule has 0 spiro atoms. The molecule has 3 rings (SSSR count). The molecule has 0 unspecified atom stereocenters. The lowest BCUT2D eigenvalue weighted by Crippen LogP contribution is -2.30. The van der Waals surface area contributed by atoms with Gasteiger partial charge in [-0.3, -0.25) is 9.78 Å². The Morgan fingerprint density at radius 2 is 2.17 bits per heavy atom. The van der Waals surface area contributed by atoms with Gasteiger partial charge in [-0.1, -0.05) is 30.3 Å². The smallest absolute Gasteiger partial charge is 0.259 e. The summed E-state index contributed by atoms with van der Waals surface area (Å²) in [5.74, 6) is -0.609. The molecule has 1 atom stereocenters. The van der Waals surface area contributed by atoms with Crippen molar-refractivity contribution in [3.05, 3.63) is 64.5 Å². The Bertz CT molecular complexity index is 703. The predicted molar refractivity (Wildman–Crippen MR) is 86.5 cm³/mol. The number of fused-ring (bicyclic) bond motifs is 1. The van der Waals surface area contributed by atoms with Crippen LogP contribution in [0.1, 0.15) is 34.1 Å². The summed E-state index contributed by atoms with van der Waals surface area (Å²) in [6, 6.07) is 8.49. The van der Waals surface area contributed by atoms with E-state index in [2.05, 4.69) is 15.6 Å². The normalized spacial score (nSPS) is 14.9. The second-order valence-electron chi connectivity index (χ2n) is 5.74. The third-order valence-electron chi connectivity index (χ3n) is 4.23. The fourth-order valence-corrected chi connectivity index (χ4v) is 2.92. The number of carbonyl (C=O) groups excluding carboxylic acids is 1. The van der Waals surface area contributed by atoms with Crippen LogP contribution in [0.5, 0.6) is 0 Å². The number of amides is 1. The van der Waals surface area contributed by atoms with Crippen LogP contribution in [0.2, 0.25) is 0 Å². The van der Waals surface area contributed by atoms with Gasteiger partial charge in [0.2, 0.25) is 6.17 Å². The second-order valence-corrected chi connectivity index (χ2v) is 5.74. The molecule has 1 amide bonds. The van der Waals surface area contributed by atoms with E-state index < -0.39 is 12.1 Å². The fraction of sp³-hybridized carbons (Fsp3) is 0.333. The Balaban J connectivity index is 1.72. The molecule has 120 valence electrons. The molecular formula is C18H20FN3O. The molecule has 2 N–H and O–H groups in total. The van der Waals surface area contributed by atoms with Gasteiger partial charge in [-0.15, -0.1) is 0 Å². The van der Waals surface area contributed by atoms with E-state index in [1.807, 2.05) is 13.1 Å². The molecule has 1 aliphatic heterocycles. The van der Waals surface area contributed by atoms with Gasteiger partial charge in [0.15, 0.2) is 0 Å². The number of carbonyl (C=O) groups is 1. The highest BCUT2D eigenvalue weighted by Crippen LogP contribution is 2.21. The highest BCUT2D eigenvalue weighted by molar-refractivity contribution is 5.82. The predicted octanol–water partition coefficient (Wildman–Crippen LogP) is 2.36. The van der Waals surface area contributed by atoms with Gasteiger partial charge in [0.1, 0.15) is 0 Å². The molecule has 23 heavy (non-hydrogen) atoms. The molecule has 2 heterocycles. The van der Waals surface area contributed by atoms with Gasteiger partial charge in [0.05, 0.1) is 0 Å². The van der Waals surface area contributed by atoms with Crippen molar-refractivity contribution in [1.29, 1.82) is 0 Å². The fourth-order valence-electron chi connectivity index (χ4n) is 2.92. The van der Waals surface area contributed by atoms with E-state index in [1.165, 1.54) is 5.56 Å². The zero-order valence-corrected chi connectivity index (χ0v) is 13.1. The Kier molecular flexibility index (Phi) is 4.67. The minimum atomic E-state index is -1.65. The van der Waals surface area contributed by atoms with E-state index in [9.17, 15) is 9.18 Å². The van der Waals surface area contributed by atoms with Gasteiger partial charge in [-0.05, 0) is 42.1 Å². The van der Waals surface area contributed by atoms with E-state index in [-0.39, 0.29) is 0 Å². The number of alkyl halides is 1. The molecule has 1 aliphatic rings. The number of aryl methyl sites for hydroxylation is 1. The molecule has 0 saturated carbocycles. The van der Waals surface area contributed by atoms with Crippen molar-refractivity contribution in [2.45, 2.75) is 32.6 Å². The molecule has 2 aromatic rings. The van der Waals surface area contributed by atoms with Crippen LogP contribution in [-0.4, -0.2) is 17.4 Å². The number of aromatic nitrogens is 1. The van der Waals surface area contributed by atoms with Gasteiger partial charge < -0.3 is 10.6 Å². The first-order valence-electron chi connectivity index (χ1n) is 7.80. The molecule has 0 radical (unpaired) electrons. The summed E-state index contributed by atoms with van der Waals surface area (Å²) in [6.45, 7) is 3.94. The van der Waals surface area contributed by atoms with Crippen LogP contribution in [-0.2, 0) is 24.3 Å². The van der Waals surface area contributed by atoms with Crippen LogP contribution in [0.3, 0.4) is 0 Å². The van der Waals surface area contributed by atoms with E-state index in [0.29, 0.717) is 12.1 Å². The second kappa shape index (κ2) is 6.87. The van der Waals surface area contributed by atoms with E-state index in [1.54, 1.807) is 30.3 Å². The Labute approximate surface area is 135 Å². The number of benzene rings is 1. The zero-order valence-electron chi connectivity index (χ0n) is 13.1. The lowest BCUT2D eigenvalue weighted by Gasteiger charge is -2.22. The zero-order chi connectivity index (χ0) is 16.2. The topological polar surface area (TPSA) is 54.0 Å². The molecule has 0 fully saturated rings. The summed E-state index contributed by atoms with van der Waals surface area (Å²) in [7, 11) is 0. The number of hydrogen-bond donors (Lipinski definition) is 2. The maximum atomic E-state index is 14.2. The number of nitrogens with one attached hydrogen (secondary N) is 2. The largest absolute Gasteiger partial charge is 0.349 e. The quantitative estimate of drug-likeness (QED) is 0.911. The maximum Gasteiger partial charge on any atom is 0.259 e. The van der Waals surface area contributed by atoms with Gasteiger partial charge >= 0.3 is 0 Å². The third-order valence-corrected chi connectivity index (χ3v) is 4.23. The molecule has 0 aliphatic carbocycles. The van der Waals surface area contributed by atoms with Crippen LogP contribution < -0.4 is 10.6 Å². The summed E-state index contributed by atoms with van der Waals surface area (Å²) in [5, 5.41) is 6.02. The average Bonchev–Trinajstić information content (AvgIpc) is 2.60. The first kappa shape index (κ1) is 15.6. The number of halogens is 1. The van der Waals surface area contributed by atoms with Crippen molar-refractivity contribution < 1.29 is 9.18 Å². The summed E-state index contributed by atoms with van der Waals surface area (Å²) in [4.78, 5) is 16.5. The highest BCUT2D eigenvalue weighted by atomic mass is 19.1. The molecular weight excluding hydrogens is 293 g/mol. The van der Waals surface area contributed by atoms with Gasteiger partial charge in [0.25, 0.3) is 5.91 Å². The van der Waals surface area contributed by atoms with Crippen LogP contribution in [0.25, 0.3) is 0 Å². The average molecular weight is 313 g/mol. The van der Waals surface area contributed by atoms with Gasteiger partial charge in [-0.25, -0.2) is 4.39 Å². The van der Waals surface area contributed by atoms with Crippen molar-refractivity contribution in [3.63, 3.8) is 0 Å². The summed E-state index contributed by atoms with van der Waals surface area (Å²) >= 11 is 0. The Morgan fingerprint density at radius 1 is 1.39 bits per heavy atom. The minimum Gasteiger partial charge on any atom is -0.349 e. The summed E-state index contributed by atoms with van der Waals surface area (Å²) < 4.78 is 14.2. The highest BCUT2D eigenvalue weighted by Gasteiger charge is 2.21. The van der Waals surface area contributed by atoms with Crippen molar-refractivity contribution in [3.8, 4) is 0 Å². The minimum absolute atomic E-state index is 0.314. The van der Waals surface area contributed by atoms with Crippen molar-refractivity contribution in [2.75, 3.05) is 6.54 Å². The van der Waals surface area contributed by atoms with Crippen molar-refractivity contribution in [1.82, 2.24) is 15.6 Å². The number of nitrogens with zero attached hydrogens (tertiary/aromatic N) is 1. The summed E-state index contributed by atoms with van der Waals surface area (Å²) in [6.07, 6.45) is 1.14. The van der Waals surface area contributed by atoms with E-state index in [4.69, 9.17) is 0 Å². The molecule has 1 aromatic heterocycles. The SMILES string of the molecule is Cc1ncc2c(c1CNC(=O)[C@@H](F)c1ccccc1)CCNC2. The van der Waals surface area contributed by atoms with E-state index in [0.717, 1.165) is 36.3 Å². The number of hydrogen-bond acceptors (Lipinski definition) is 3. The standard InChI is InChI=1S/C18H20FN3O/c1-12-16(15-7-8-20-9-14(15)10-21-12)11-22-18(23)17(19)13-5-3-2-4-6-13/h2-6,10,17,20H,7-9,11H2,1H3,(H,22,23)/t17-/m0/s1. The van der Waals surface area contributed by atoms with Crippen LogP contribution in [0, 0.1) is 6.92 Å². The molecule has 0 saturated heterocycles. The molecule has 1 aromatic carbocycles. The maximum absolute atomic E-state index is 14.2. The lowest BCUT2D eigenvalue weighted by atomic mass is 9.96. The van der Waals surface area contributed by atoms with Crippen LogP contribution in [0.4, 0.5) is 4.39 Å². The van der Waals surface area contributed by atoms with Crippen molar-refractivity contribution in [2.24, 2.45) is 0 Å². The number of rotatable bonds is 4. The van der Waals surface area contributed by atoms with E-state index >= 15 is 0 Å². The first-order valence-corrected chi connectivity index (χ1v) is 7.80. The first-order chi connectivity index (χ1) is 11.2. The number of pyridine rings is 1. The molecule has 0 bridgehead atoms. The third kappa shape index (κ3) is 3.40. The molecule has 4 nitrogen and oxygen atoms in total. The summed E-state index contributed by atoms with van der Waals surface area (Å²) in [5.41, 5.74) is 4.66. The van der Waals surface area contributed by atoms with Crippen LogP contribution >= 0.6 is 0 Å². The van der Waals surface area contributed by atoms with Crippen LogP contribution in [0.15, 0.2) is 36.5 Å². The lowest BCUT2D eigenvalue weighted by molar-refractivity contribution is -0.126. The Morgan fingerprint density at radius 3 is 2.96 bits per heavy atom. The van der Waals surface area contributed by atoms with Gasteiger partial charge in [-0.2, -0.15) is 0 Å². The Hall–Kier alpha value is -2.27. The molecule has 5 heteroatoms.